The number of carbonyl (C=O) groups is 1. The van der Waals surface area contributed by atoms with E-state index in [1.807, 2.05) is 0 Å². The van der Waals surface area contributed by atoms with Crippen LogP contribution >= 0.6 is 11.8 Å². The maximum Gasteiger partial charge on any atom is 0.354 e. The molecule has 15 heavy (non-hydrogen) atoms. The van der Waals surface area contributed by atoms with Crippen LogP contribution in [0.3, 0.4) is 0 Å². The van der Waals surface area contributed by atoms with Crippen LogP contribution in [-0.4, -0.2) is 12.6 Å². The predicted octanol–water partition coefficient (Wildman–Crippen LogP) is 2.34. The molecule has 3 nitrogen and oxygen atoms in total. The molecule has 0 saturated heterocycles. The molecule has 0 aromatic rings. The Bertz CT molecular complexity index is 306. The minimum absolute atomic E-state index is 0.0627. The van der Waals surface area contributed by atoms with Crippen molar-refractivity contribution in [2.75, 3.05) is 6.61 Å². The average Bonchev–Trinajstić information content (AvgIpc) is 2.24. The first-order valence-corrected chi connectivity index (χ1v) is 5.33. The van der Waals surface area contributed by atoms with Crippen LogP contribution in [-0.2, 0) is 9.53 Å². The van der Waals surface area contributed by atoms with Crippen LogP contribution in [0, 0.1) is 0 Å². The molecule has 0 fully saturated rings. The average molecular weight is 225 g/mol. The molecule has 0 spiro atoms. The Kier molecular flexibility index (Phi) is 7.18. The second kappa shape index (κ2) is 7.94. The Balaban J connectivity index is 4.61. The lowest BCUT2D eigenvalue weighted by Gasteiger charge is -2.01. The molecular formula is C11H15NO2S. The summed E-state index contributed by atoms with van der Waals surface area (Å²) in [5, 5.41) is 3.45. The van der Waals surface area contributed by atoms with Gasteiger partial charge in [0.1, 0.15) is 5.70 Å². The molecule has 0 atom stereocenters. The molecule has 0 rings (SSSR count). The highest BCUT2D eigenvalue weighted by molar-refractivity contribution is 8.04. The van der Waals surface area contributed by atoms with E-state index in [9.17, 15) is 4.79 Å². The van der Waals surface area contributed by atoms with Gasteiger partial charge in [0, 0.05) is 0 Å². The zero-order valence-corrected chi connectivity index (χ0v) is 9.55. The van der Waals surface area contributed by atoms with E-state index in [1.54, 1.807) is 23.8 Å². The molecule has 0 aromatic carbocycles. The highest BCUT2D eigenvalue weighted by atomic mass is 32.2. The fourth-order valence-corrected chi connectivity index (χ4v) is 1.14. The molecule has 0 aromatic heterocycles. The van der Waals surface area contributed by atoms with Crippen LogP contribution in [0.2, 0.25) is 0 Å². The molecule has 4 heteroatoms. The Morgan fingerprint density at radius 2 is 2.20 bits per heavy atom. The van der Waals surface area contributed by atoms with E-state index in [-0.39, 0.29) is 5.70 Å². The number of ether oxygens (including phenoxy) is 1. The number of hydrogen-bond acceptors (Lipinski definition) is 4. The fraction of sp³-hybridized carbons (Fsp3) is 0.182. The van der Waals surface area contributed by atoms with E-state index in [1.165, 1.54) is 17.8 Å². The number of nitrogens with two attached hydrogens (primary N) is 1. The lowest BCUT2D eigenvalue weighted by Crippen LogP contribution is -2.14. The molecule has 0 aliphatic carbocycles. The molecule has 2 N–H and O–H groups in total. The van der Waals surface area contributed by atoms with Crippen LogP contribution in [0.5, 0.6) is 0 Å². The van der Waals surface area contributed by atoms with Gasteiger partial charge >= 0.3 is 5.97 Å². The summed E-state index contributed by atoms with van der Waals surface area (Å²) in [7, 11) is 0. The second-order valence-electron chi connectivity index (χ2n) is 2.44. The number of allylic oxidation sites excluding steroid dienone is 3. The van der Waals surface area contributed by atoms with Gasteiger partial charge in [-0.2, -0.15) is 0 Å². The summed E-state index contributed by atoms with van der Waals surface area (Å²) in [5.41, 5.74) is 6.32. The number of rotatable bonds is 6. The first-order chi connectivity index (χ1) is 7.15. The molecule has 82 valence electrons. The van der Waals surface area contributed by atoms with E-state index in [0.29, 0.717) is 6.61 Å². The van der Waals surface area contributed by atoms with E-state index in [4.69, 9.17) is 10.5 Å². The van der Waals surface area contributed by atoms with E-state index >= 15 is 0 Å². The number of hydrogen-bond donors (Lipinski definition) is 1. The Hall–Kier alpha value is -1.42. The van der Waals surface area contributed by atoms with E-state index in [0.717, 1.165) is 5.57 Å². The highest BCUT2D eigenvalue weighted by Gasteiger charge is 2.04. The minimum atomic E-state index is -0.520. The molecule has 0 saturated carbocycles. The van der Waals surface area contributed by atoms with Crippen LogP contribution in [0.4, 0.5) is 0 Å². The summed E-state index contributed by atoms with van der Waals surface area (Å²) in [6, 6.07) is 0. The lowest BCUT2D eigenvalue weighted by molar-refractivity contribution is -0.138. The van der Waals surface area contributed by atoms with Crippen LogP contribution in [0.15, 0.2) is 47.4 Å². The van der Waals surface area contributed by atoms with Gasteiger partial charge in [0.25, 0.3) is 0 Å². The smallest absolute Gasteiger partial charge is 0.354 e. The van der Waals surface area contributed by atoms with Crippen molar-refractivity contribution in [1.82, 2.24) is 0 Å². The van der Waals surface area contributed by atoms with Crippen molar-refractivity contribution in [3.63, 3.8) is 0 Å². The molecule has 0 radical (unpaired) electrons. The van der Waals surface area contributed by atoms with Gasteiger partial charge in [-0.3, -0.25) is 0 Å². The van der Waals surface area contributed by atoms with Gasteiger partial charge in [-0.25, -0.2) is 4.79 Å². The largest absolute Gasteiger partial charge is 0.461 e. The van der Waals surface area contributed by atoms with Crippen molar-refractivity contribution in [3.8, 4) is 0 Å². The summed E-state index contributed by atoms with van der Waals surface area (Å²) < 4.78 is 4.73. The number of thioether (sulfide) groups is 1. The monoisotopic (exact) mass is 225 g/mol. The Morgan fingerprint density at radius 3 is 2.67 bits per heavy atom. The SMILES string of the molecule is C=CS/C=C(C=C)/C=C(\N)C(=O)OCC. The molecule has 0 unspecified atom stereocenters. The first-order valence-electron chi connectivity index (χ1n) is 4.39. The van der Waals surface area contributed by atoms with Crippen LogP contribution in [0.1, 0.15) is 6.92 Å². The molecule has 0 aliphatic rings. The van der Waals surface area contributed by atoms with Crippen molar-refractivity contribution >= 4 is 17.7 Å². The first kappa shape index (κ1) is 13.6. The van der Waals surface area contributed by atoms with Gasteiger partial charge in [0.15, 0.2) is 0 Å². The normalized spacial score (nSPS) is 12.1. The third-order valence-electron chi connectivity index (χ3n) is 1.37. The molecular weight excluding hydrogens is 210 g/mol. The van der Waals surface area contributed by atoms with Gasteiger partial charge in [0.2, 0.25) is 0 Å². The fourth-order valence-electron chi connectivity index (χ4n) is 0.721. The predicted molar refractivity (Wildman–Crippen MR) is 65.0 cm³/mol. The Labute approximate surface area is 94.4 Å². The topological polar surface area (TPSA) is 52.3 Å². The summed E-state index contributed by atoms with van der Waals surface area (Å²) in [6.07, 6.45) is 3.12. The number of esters is 1. The van der Waals surface area contributed by atoms with E-state index in [2.05, 4.69) is 13.2 Å². The highest BCUT2D eigenvalue weighted by Crippen LogP contribution is 2.10. The summed E-state index contributed by atoms with van der Waals surface area (Å²) in [6.45, 7) is 9.19. The zero-order chi connectivity index (χ0) is 11.7. The van der Waals surface area contributed by atoms with Crippen LogP contribution < -0.4 is 5.73 Å². The third kappa shape index (κ3) is 5.80. The Morgan fingerprint density at radius 1 is 1.53 bits per heavy atom. The second-order valence-corrected chi connectivity index (χ2v) is 3.29. The number of carbonyl (C=O) groups excluding carboxylic acids is 1. The maximum absolute atomic E-state index is 11.2. The maximum atomic E-state index is 11.2. The lowest BCUT2D eigenvalue weighted by atomic mass is 10.2. The molecule has 0 amide bonds. The summed E-state index contributed by atoms with van der Waals surface area (Å²) >= 11 is 1.39. The quantitative estimate of drug-likeness (QED) is 0.428. The zero-order valence-electron chi connectivity index (χ0n) is 8.73. The molecule has 0 aliphatic heterocycles. The van der Waals surface area contributed by atoms with Gasteiger partial charge < -0.3 is 10.5 Å². The molecule has 0 bridgehead atoms. The standard InChI is InChI=1S/C11H15NO2S/c1-4-9(8-15-6-3)7-10(12)11(13)14-5-2/h4,6-8H,1,3,5,12H2,2H3/b9-8+,10-7-. The summed E-state index contributed by atoms with van der Waals surface area (Å²) in [5.74, 6) is -0.520. The van der Waals surface area contributed by atoms with Gasteiger partial charge in [0.05, 0.1) is 6.61 Å². The minimum Gasteiger partial charge on any atom is -0.461 e. The van der Waals surface area contributed by atoms with Crippen molar-refractivity contribution < 1.29 is 9.53 Å². The van der Waals surface area contributed by atoms with E-state index < -0.39 is 5.97 Å². The van der Waals surface area contributed by atoms with Crippen molar-refractivity contribution in [3.05, 3.63) is 47.4 Å². The van der Waals surface area contributed by atoms with Crippen molar-refractivity contribution in [1.29, 1.82) is 0 Å². The van der Waals surface area contributed by atoms with Crippen LogP contribution in [0.25, 0.3) is 0 Å². The van der Waals surface area contributed by atoms with Gasteiger partial charge in [-0.15, -0.1) is 11.8 Å². The molecule has 0 heterocycles. The van der Waals surface area contributed by atoms with Gasteiger partial charge in [-0.05, 0) is 29.4 Å². The third-order valence-corrected chi connectivity index (χ3v) is 1.97. The van der Waals surface area contributed by atoms with Crippen molar-refractivity contribution in [2.45, 2.75) is 6.92 Å². The van der Waals surface area contributed by atoms with Crippen molar-refractivity contribution in [2.24, 2.45) is 5.73 Å². The summed E-state index contributed by atoms with van der Waals surface area (Å²) in [4.78, 5) is 11.2. The van der Waals surface area contributed by atoms with Gasteiger partial charge in [-0.1, -0.05) is 19.2 Å².